The van der Waals surface area contributed by atoms with Crippen molar-refractivity contribution in [2.75, 3.05) is 13.7 Å². The number of benzene rings is 2. The fourth-order valence-electron chi connectivity index (χ4n) is 3.02. The van der Waals surface area contributed by atoms with E-state index < -0.39 is 0 Å². The summed E-state index contributed by atoms with van der Waals surface area (Å²) in [7, 11) is 1.64. The lowest BCUT2D eigenvalue weighted by atomic mass is 10.2. The number of halogens is 2. The second kappa shape index (κ2) is 11.0. The van der Waals surface area contributed by atoms with Gasteiger partial charge in [-0.15, -0.1) is 0 Å². The van der Waals surface area contributed by atoms with E-state index in [2.05, 4.69) is 12.2 Å². The summed E-state index contributed by atoms with van der Waals surface area (Å²) in [4.78, 5) is 17.1. The first-order chi connectivity index (χ1) is 15.0. The molecular weight excluding hydrogens is 433 g/mol. The molecule has 0 saturated carbocycles. The standard InChI is InChI=1S/C24H25Cl2N3O2/c1-3-4-13-27-24(30)16-29-15-22(20-11-8-18(25)14-21(20)26)28-23(29)12-7-17-5-9-19(31-2)10-6-17/h5-12,14-15H,3-4,13,16H2,1-2H3,(H,27,30)/b12-7+. The van der Waals surface area contributed by atoms with Crippen molar-refractivity contribution in [1.29, 1.82) is 0 Å². The number of rotatable bonds is 9. The van der Waals surface area contributed by atoms with Crippen LogP contribution in [0, 0.1) is 0 Å². The van der Waals surface area contributed by atoms with Gasteiger partial charge in [0.25, 0.3) is 0 Å². The monoisotopic (exact) mass is 457 g/mol. The lowest BCUT2D eigenvalue weighted by Gasteiger charge is -2.06. The van der Waals surface area contributed by atoms with E-state index in [0.29, 0.717) is 28.1 Å². The molecule has 0 bridgehead atoms. The third-order valence-corrected chi connectivity index (χ3v) is 5.27. The Kier molecular flexibility index (Phi) is 8.15. The van der Waals surface area contributed by atoms with Gasteiger partial charge in [-0.05, 0) is 48.4 Å². The molecule has 1 amide bonds. The fourth-order valence-corrected chi connectivity index (χ4v) is 3.52. The maximum absolute atomic E-state index is 12.4. The topological polar surface area (TPSA) is 56.2 Å². The second-order valence-corrected chi connectivity index (χ2v) is 7.89. The summed E-state index contributed by atoms with van der Waals surface area (Å²) >= 11 is 12.4. The Hall–Kier alpha value is -2.76. The lowest BCUT2D eigenvalue weighted by molar-refractivity contribution is -0.121. The fraction of sp³-hybridized carbons (Fsp3) is 0.250. The highest BCUT2D eigenvalue weighted by Crippen LogP contribution is 2.30. The number of hydrogen-bond donors (Lipinski definition) is 1. The average molecular weight is 458 g/mol. The van der Waals surface area contributed by atoms with Crippen LogP contribution in [0.1, 0.15) is 31.2 Å². The minimum atomic E-state index is -0.0568. The van der Waals surface area contributed by atoms with Gasteiger partial charge >= 0.3 is 0 Å². The van der Waals surface area contributed by atoms with E-state index >= 15 is 0 Å². The van der Waals surface area contributed by atoms with Crippen molar-refractivity contribution in [2.45, 2.75) is 26.3 Å². The normalized spacial score (nSPS) is 11.1. The van der Waals surface area contributed by atoms with Crippen LogP contribution in [0.3, 0.4) is 0 Å². The predicted octanol–water partition coefficient (Wildman–Crippen LogP) is 5.95. The number of imidazole rings is 1. The smallest absolute Gasteiger partial charge is 0.239 e. The number of amides is 1. The summed E-state index contributed by atoms with van der Waals surface area (Å²) in [5.74, 6) is 1.39. The minimum Gasteiger partial charge on any atom is -0.497 e. The molecule has 5 nitrogen and oxygen atoms in total. The van der Waals surface area contributed by atoms with E-state index in [1.165, 1.54) is 0 Å². The highest BCUT2D eigenvalue weighted by atomic mass is 35.5. The summed E-state index contributed by atoms with van der Waals surface area (Å²) in [6, 6.07) is 13.0. The van der Waals surface area contributed by atoms with E-state index in [1.807, 2.05) is 53.2 Å². The largest absolute Gasteiger partial charge is 0.497 e. The van der Waals surface area contributed by atoms with Gasteiger partial charge in [0.15, 0.2) is 0 Å². The molecule has 0 fully saturated rings. The average Bonchev–Trinajstić information content (AvgIpc) is 3.15. The molecule has 0 atom stereocenters. The van der Waals surface area contributed by atoms with Crippen LogP contribution in [0.25, 0.3) is 23.4 Å². The van der Waals surface area contributed by atoms with Gasteiger partial charge < -0.3 is 14.6 Å². The van der Waals surface area contributed by atoms with Crippen molar-refractivity contribution < 1.29 is 9.53 Å². The number of ether oxygens (including phenoxy) is 1. The van der Waals surface area contributed by atoms with Crippen LogP contribution in [0.15, 0.2) is 48.7 Å². The van der Waals surface area contributed by atoms with E-state index in [1.54, 1.807) is 19.2 Å². The molecule has 3 aromatic rings. The molecule has 3 rings (SSSR count). The van der Waals surface area contributed by atoms with Crippen LogP contribution < -0.4 is 10.1 Å². The number of aromatic nitrogens is 2. The van der Waals surface area contributed by atoms with Crippen molar-refractivity contribution in [3.63, 3.8) is 0 Å². The zero-order valence-corrected chi connectivity index (χ0v) is 19.1. The number of methoxy groups -OCH3 is 1. The molecular formula is C24H25Cl2N3O2. The van der Waals surface area contributed by atoms with Crippen molar-refractivity contribution in [3.05, 3.63) is 70.1 Å². The van der Waals surface area contributed by atoms with Gasteiger partial charge in [-0.25, -0.2) is 4.98 Å². The molecule has 0 unspecified atom stereocenters. The van der Waals surface area contributed by atoms with Crippen LogP contribution >= 0.6 is 23.2 Å². The van der Waals surface area contributed by atoms with Crippen molar-refractivity contribution in [3.8, 4) is 17.0 Å². The van der Waals surface area contributed by atoms with Crippen LogP contribution in [0.2, 0.25) is 10.0 Å². The summed E-state index contributed by atoms with van der Waals surface area (Å²) < 4.78 is 7.02. The van der Waals surface area contributed by atoms with Crippen LogP contribution in [-0.2, 0) is 11.3 Å². The zero-order valence-electron chi connectivity index (χ0n) is 17.6. The number of nitrogens with one attached hydrogen (secondary N) is 1. The first-order valence-corrected chi connectivity index (χ1v) is 10.9. The number of unbranched alkanes of at least 4 members (excludes halogenated alkanes) is 1. The molecule has 0 aliphatic rings. The molecule has 1 aromatic heterocycles. The van der Waals surface area contributed by atoms with Gasteiger partial charge in [0.1, 0.15) is 18.1 Å². The maximum Gasteiger partial charge on any atom is 0.239 e. The van der Waals surface area contributed by atoms with Crippen LogP contribution in [-0.4, -0.2) is 29.1 Å². The van der Waals surface area contributed by atoms with Crippen molar-refractivity contribution in [2.24, 2.45) is 0 Å². The summed E-state index contributed by atoms with van der Waals surface area (Å²) in [6.45, 7) is 2.92. The number of carbonyl (C=O) groups excluding carboxylic acids is 1. The zero-order chi connectivity index (χ0) is 22.2. The molecule has 0 aliphatic carbocycles. The first kappa shape index (κ1) is 22.9. The number of hydrogen-bond acceptors (Lipinski definition) is 3. The summed E-state index contributed by atoms with van der Waals surface area (Å²) in [5, 5.41) is 4.01. The summed E-state index contributed by atoms with van der Waals surface area (Å²) in [5.41, 5.74) is 2.43. The Morgan fingerprint density at radius 3 is 2.61 bits per heavy atom. The van der Waals surface area contributed by atoms with Crippen LogP contribution in [0.4, 0.5) is 0 Å². The summed E-state index contributed by atoms with van der Waals surface area (Å²) in [6.07, 6.45) is 7.64. The quantitative estimate of drug-likeness (QED) is 0.403. The molecule has 0 saturated heterocycles. The molecule has 7 heteroatoms. The Morgan fingerprint density at radius 1 is 1.16 bits per heavy atom. The molecule has 162 valence electrons. The maximum atomic E-state index is 12.4. The van der Waals surface area contributed by atoms with E-state index in [0.717, 1.165) is 29.7 Å². The van der Waals surface area contributed by atoms with Gasteiger partial charge in [0.05, 0.1) is 17.8 Å². The van der Waals surface area contributed by atoms with Crippen molar-refractivity contribution in [1.82, 2.24) is 14.9 Å². The third kappa shape index (κ3) is 6.36. The molecule has 1 heterocycles. The SMILES string of the molecule is CCCCNC(=O)Cn1cc(-c2ccc(Cl)cc2Cl)nc1/C=C/c1ccc(OC)cc1. The Morgan fingerprint density at radius 2 is 1.94 bits per heavy atom. The van der Waals surface area contributed by atoms with Gasteiger partial charge in [0, 0.05) is 23.3 Å². The van der Waals surface area contributed by atoms with Crippen molar-refractivity contribution >= 4 is 41.3 Å². The van der Waals surface area contributed by atoms with Gasteiger partial charge in [0.2, 0.25) is 5.91 Å². The van der Waals surface area contributed by atoms with E-state index in [9.17, 15) is 4.79 Å². The van der Waals surface area contributed by atoms with Gasteiger partial charge in [-0.1, -0.05) is 54.8 Å². The predicted molar refractivity (Wildman–Crippen MR) is 128 cm³/mol. The van der Waals surface area contributed by atoms with E-state index in [-0.39, 0.29) is 12.5 Å². The number of nitrogens with zero attached hydrogens (tertiary/aromatic N) is 2. The molecule has 0 aliphatic heterocycles. The minimum absolute atomic E-state index is 0.0568. The second-order valence-electron chi connectivity index (χ2n) is 7.05. The lowest BCUT2D eigenvalue weighted by Crippen LogP contribution is -2.28. The molecule has 1 N–H and O–H groups in total. The Balaban J connectivity index is 1.89. The van der Waals surface area contributed by atoms with E-state index in [4.69, 9.17) is 32.9 Å². The highest BCUT2D eigenvalue weighted by molar-refractivity contribution is 6.36. The number of carbonyl (C=O) groups is 1. The Labute approximate surface area is 192 Å². The van der Waals surface area contributed by atoms with Crippen LogP contribution in [0.5, 0.6) is 5.75 Å². The molecule has 2 aromatic carbocycles. The van der Waals surface area contributed by atoms with Gasteiger partial charge in [-0.3, -0.25) is 4.79 Å². The molecule has 31 heavy (non-hydrogen) atoms. The third-order valence-electron chi connectivity index (χ3n) is 4.72. The van der Waals surface area contributed by atoms with Gasteiger partial charge in [-0.2, -0.15) is 0 Å². The highest BCUT2D eigenvalue weighted by Gasteiger charge is 2.13. The molecule has 0 radical (unpaired) electrons. The Bertz CT molecular complexity index is 1060. The molecule has 0 spiro atoms. The first-order valence-electron chi connectivity index (χ1n) is 10.1.